The number of halogens is 1. The number of non-ortho nitro benzene ring substituents is 1. The van der Waals surface area contributed by atoms with Gasteiger partial charge in [0.15, 0.2) is 16.6 Å². The van der Waals surface area contributed by atoms with Gasteiger partial charge in [0, 0.05) is 17.7 Å². The van der Waals surface area contributed by atoms with Crippen molar-refractivity contribution >= 4 is 46.2 Å². The van der Waals surface area contributed by atoms with E-state index >= 15 is 0 Å². The van der Waals surface area contributed by atoms with Crippen LogP contribution in [-0.4, -0.2) is 22.7 Å². The molecule has 1 aliphatic rings. The number of benzene rings is 2. The molecule has 10 heteroatoms. The van der Waals surface area contributed by atoms with Crippen LogP contribution in [0.25, 0.3) is 0 Å². The minimum absolute atomic E-state index is 0.00146. The molecule has 3 rings (SSSR count). The summed E-state index contributed by atoms with van der Waals surface area (Å²) in [4.78, 5) is 22.4. The van der Waals surface area contributed by atoms with Crippen molar-refractivity contribution in [1.29, 1.82) is 0 Å². The number of nitro benzene ring substituents is 1. The maximum Gasteiger partial charge on any atom is 0.271 e. The Balaban J connectivity index is 1.66. The molecule has 0 bridgehead atoms. The standard InChI is InChI=1S/C15H10ClN3O5S/c16-10-6-9(19(21)22)2-3-11(10)17-15(25)18-14(20)8-1-4-12-13(5-8)24-7-23-12/h1-6H,7H2,(H2,17,18,20,25). The Hall–Kier alpha value is -2.91. The molecule has 0 atom stereocenters. The van der Waals surface area contributed by atoms with Crippen molar-refractivity contribution in [2.45, 2.75) is 0 Å². The topological polar surface area (TPSA) is 103 Å². The number of thiocarbonyl (C=S) groups is 1. The van der Waals surface area contributed by atoms with Crippen molar-refractivity contribution in [2.24, 2.45) is 0 Å². The van der Waals surface area contributed by atoms with Gasteiger partial charge in [0.1, 0.15) is 0 Å². The van der Waals surface area contributed by atoms with Crippen LogP contribution in [-0.2, 0) is 0 Å². The van der Waals surface area contributed by atoms with Crippen LogP contribution in [0.15, 0.2) is 36.4 Å². The first-order chi connectivity index (χ1) is 11.9. The Morgan fingerprint density at radius 1 is 1.20 bits per heavy atom. The number of nitrogens with one attached hydrogen (secondary N) is 2. The van der Waals surface area contributed by atoms with E-state index < -0.39 is 10.8 Å². The zero-order chi connectivity index (χ0) is 18.0. The number of amides is 1. The first-order valence-corrected chi connectivity index (χ1v) is 7.68. The van der Waals surface area contributed by atoms with Crippen molar-refractivity contribution in [3.8, 4) is 11.5 Å². The van der Waals surface area contributed by atoms with E-state index in [4.69, 9.17) is 33.3 Å². The summed E-state index contributed by atoms with van der Waals surface area (Å²) in [5.41, 5.74) is 0.525. The summed E-state index contributed by atoms with van der Waals surface area (Å²) in [5.74, 6) is 0.591. The van der Waals surface area contributed by atoms with Crippen molar-refractivity contribution < 1.29 is 19.2 Å². The minimum Gasteiger partial charge on any atom is -0.454 e. The number of nitrogens with zero attached hydrogens (tertiary/aromatic N) is 1. The van der Waals surface area contributed by atoms with Gasteiger partial charge in [-0.2, -0.15) is 0 Å². The Labute approximate surface area is 151 Å². The third-order valence-corrected chi connectivity index (χ3v) is 3.79. The summed E-state index contributed by atoms with van der Waals surface area (Å²) in [6.45, 7) is 0.110. The van der Waals surface area contributed by atoms with Gasteiger partial charge in [0.2, 0.25) is 6.79 Å². The van der Waals surface area contributed by atoms with Crippen LogP contribution in [0.4, 0.5) is 11.4 Å². The molecule has 2 aromatic rings. The highest BCUT2D eigenvalue weighted by molar-refractivity contribution is 7.80. The zero-order valence-corrected chi connectivity index (χ0v) is 14.0. The SMILES string of the molecule is O=C(NC(=S)Nc1ccc([N+](=O)[O-])cc1Cl)c1ccc2c(c1)OCO2. The summed E-state index contributed by atoms with van der Waals surface area (Å²) in [6, 6.07) is 8.60. The Morgan fingerprint density at radius 2 is 1.96 bits per heavy atom. The summed E-state index contributed by atoms with van der Waals surface area (Å²) in [7, 11) is 0. The molecule has 0 unspecified atom stereocenters. The number of carbonyl (C=O) groups is 1. The van der Waals surface area contributed by atoms with Gasteiger partial charge in [-0.1, -0.05) is 11.6 Å². The van der Waals surface area contributed by atoms with Crippen LogP contribution in [0, 0.1) is 10.1 Å². The number of anilines is 1. The minimum atomic E-state index is -0.560. The van der Waals surface area contributed by atoms with Crippen LogP contribution in [0.3, 0.4) is 0 Å². The first-order valence-electron chi connectivity index (χ1n) is 6.90. The van der Waals surface area contributed by atoms with Gasteiger partial charge in [-0.3, -0.25) is 20.2 Å². The zero-order valence-electron chi connectivity index (χ0n) is 12.4. The van der Waals surface area contributed by atoms with E-state index in [1.165, 1.54) is 18.2 Å². The van der Waals surface area contributed by atoms with Gasteiger partial charge in [-0.05, 0) is 36.5 Å². The number of fused-ring (bicyclic) bond motifs is 1. The fourth-order valence-corrected chi connectivity index (χ4v) is 2.51. The molecule has 0 aliphatic carbocycles. The third kappa shape index (κ3) is 3.78. The number of rotatable bonds is 3. The van der Waals surface area contributed by atoms with Crippen LogP contribution >= 0.6 is 23.8 Å². The van der Waals surface area contributed by atoms with E-state index in [9.17, 15) is 14.9 Å². The first kappa shape index (κ1) is 16.9. The maximum absolute atomic E-state index is 12.2. The molecule has 8 nitrogen and oxygen atoms in total. The predicted octanol–water partition coefficient (Wildman–Crippen LogP) is 3.10. The van der Waals surface area contributed by atoms with Crippen molar-refractivity contribution in [2.75, 3.05) is 12.1 Å². The normalized spacial score (nSPS) is 11.7. The molecule has 2 N–H and O–H groups in total. The smallest absolute Gasteiger partial charge is 0.271 e. The Bertz CT molecular complexity index is 889. The third-order valence-electron chi connectivity index (χ3n) is 3.27. The molecular weight excluding hydrogens is 370 g/mol. The lowest BCUT2D eigenvalue weighted by atomic mass is 10.2. The fraction of sp³-hybridized carbons (Fsp3) is 0.0667. The molecule has 0 saturated heterocycles. The highest BCUT2D eigenvalue weighted by atomic mass is 35.5. The van der Waals surface area contributed by atoms with Crippen LogP contribution in [0.2, 0.25) is 5.02 Å². The molecular formula is C15H10ClN3O5S. The van der Waals surface area contributed by atoms with Gasteiger partial charge in [-0.15, -0.1) is 0 Å². The van der Waals surface area contributed by atoms with E-state index in [0.717, 1.165) is 0 Å². The van der Waals surface area contributed by atoms with E-state index in [2.05, 4.69) is 10.6 Å². The fourth-order valence-electron chi connectivity index (χ4n) is 2.09. The highest BCUT2D eigenvalue weighted by Gasteiger charge is 2.17. The second-order valence-corrected chi connectivity index (χ2v) is 5.71. The average Bonchev–Trinajstić information content (AvgIpc) is 3.04. The summed E-state index contributed by atoms with van der Waals surface area (Å²) >= 11 is 11.0. The van der Waals surface area contributed by atoms with Crippen molar-refractivity contribution in [3.63, 3.8) is 0 Å². The molecule has 0 radical (unpaired) electrons. The number of carbonyl (C=O) groups excluding carboxylic acids is 1. The largest absolute Gasteiger partial charge is 0.454 e. The molecule has 0 fully saturated rings. The van der Waals surface area contributed by atoms with E-state index in [1.54, 1.807) is 18.2 Å². The van der Waals surface area contributed by atoms with Gasteiger partial charge >= 0.3 is 0 Å². The lowest BCUT2D eigenvalue weighted by Crippen LogP contribution is -2.34. The summed E-state index contributed by atoms with van der Waals surface area (Å²) in [6.07, 6.45) is 0. The van der Waals surface area contributed by atoms with Crippen molar-refractivity contribution in [3.05, 3.63) is 57.1 Å². The van der Waals surface area contributed by atoms with E-state index in [0.29, 0.717) is 22.7 Å². The monoisotopic (exact) mass is 379 g/mol. The van der Waals surface area contributed by atoms with Crippen molar-refractivity contribution in [1.82, 2.24) is 5.32 Å². The number of nitro groups is 1. The Kier molecular flexibility index (Phi) is 4.68. The van der Waals surface area contributed by atoms with Crippen LogP contribution in [0.1, 0.15) is 10.4 Å². The highest BCUT2D eigenvalue weighted by Crippen LogP contribution is 2.32. The van der Waals surface area contributed by atoms with E-state index in [-0.39, 0.29) is 22.6 Å². The lowest BCUT2D eigenvalue weighted by Gasteiger charge is -2.11. The van der Waals surface area contributed by atoms with Crippen LogP contribution < -0.4 is 20.1 Å². The number of hydrogen-bond acceptors (Lipinski definition) is 6. The predicted molar refractivity (Wildman–Crippen MR) is 94.4 cm³/mol. The summed E-state index contributed by atoms with van der Waals surface area (Å²) < 4.78 is 10.4. The second kappa shape index (κ2) is 6.91. The maximum atomic E-state index is 12.2. The quantitative estimate of drug-likeness (QED) is 0.479. The summed E-state index contributed by atoms with van der Waals surface area (Å²) in [5, 5.41) is 16.0. The molecule has 1 heterocycles. The molecule has 0 aromatic heterocycles. The lowest BCUT2D eigenvalue weighted by molar-refractivity contribution is -0.384. The van der Waals surface area contributed by atoms with Gasteiger partial charge in [0.05, 0.1) is 15.6 Å². The molecule has 0 saturated carbocycles. The number of ether oxygens (including phenoxy) is 2. The van der Waals surface area contributed by atoms with Gasteiger partial charge in [-0.25, -0.2) is 0 Å². The van der Waals surface area contributed by atoms with E-state index in [1.807, 2.05) is 0 Å². The van der Waals surface area contributed by atoms with Gasteiger partial charge in [0.25, 0.3) is 11.6 Å². The molecule has 128 valence electrons. The van der Waals surface area contributed by atoms with Gasteiger partial charge < -0.3 is 14.8 Å². The molecule has 0 spiro atoms. The Morgan fingerprint density at radius 3 is 2.68 bits per heavy atom. The number of hydrogen-bond donors (Lipinski definition) is 2. The second-order valence-electron chi connectivity index (χ2n) is 4.90. The molecule has 25 heavy (non-hydrogen) atoms. The van der Waals surface area contributed by atoms with Crippen LogP contribution in [0.5, 0.6) is 11.5 Å². The molecule has 1 amide bonds. The average molecular weight is 380 g/mol. The molecule has 1 aliphatic heterocycles. The molecule has 2 aromatic carbocycles.